The van der Waals surface area contributed by atoms with Crippen molar-refractivity contribution in [2.45, 2.75) is 18.4 Å². The van der Waals surface area contributed by atoms with Gasteiger partial charge in [0.2, 0.25) is 0 Å². The van der Waals surface area contributed by atoms with Crippen molar-refractivity contribution in [1.82, 2.24) is 10.2 Å². The molecule has 0 saturated heterocycles. The van der Waals surface area contributed by atoms with E-state index < -0.39 is 0 Å². The second-order valence-corrected chi connectivity index (χ2v) is 3.67. The van der Waals surface area contributed by atoms with Crippen LogP contribution in [0.4, 0.5) is 0 Å². The smallest absolute Gasteiger partial charge is 0.172 e. The fraction of sp³-hybridized carbons (Fsp3) is 0.375. The van der Waals surface area contributed by atoms with Crippen LogP contribution in [0.2, 0.25) is 0 Å². The van der Waals surface area contributed by atoms with Crippen LogP contribution in [-0.4, -0.2) is 27.0 Å². The van der Waals surface area contributed by atoms with Crippen molar-refractivity contribution in [2.75, 3.05) is 5.75 Å². The minimum Gasteiger partial charge on any atom is -0.409 e. The number of aromatic nitrogens is 2. The molecule has 0 atom stereocenters. The van der Waals surface area contributed by atoms with E-state index in [-0.39, 0.29) is 5.84 Å². The maximum atomic E-state index is 8.54. The van der Waals surface area contributed by atoms with Crippen LogP contribution in [0.25, 0.3) is 0 Å². The lowest BCUT2D eigenvalue weighted by atomic mass is 10.3. The molecular formula is C8H12N4OS. The Hall–Kier alpha value is -1.30. The third kappa shape index (κ3) is 2.59. The second kappa shape index (κ2) is 5.43. The molecule has 0 bridgehead atoms. The van der Waals surface area contributed by atoms with Crippen LogP contribution < -0.4 is 5.73 Å². The van der Waals surface area contributed by atoms with Gasteiger partial charge in [0.05, 0.1) is 11.8 Å². The van der Waals surface area contributed by atoms with E-state index in [1.165, 1.54) is 6.20 Å². The minimum atomic E-state index is 0.0681. The van der Waals surface area contributed by atoms with Crippen LogP contribution in [0.1, 0.15) is 18.9 Å². The van der Waals surface area contributed by atoms with Crippen molar-refractivity contribution in [3.05, 3.63) is 17.8 Å². The van der Waals surface area contributed by atoms with E-state index in [0.717, 1.165) is 12.2 Å². The summed E-state index contributed by atoms with van der Waals surface area (Å²) in [4.78, 5) is 0. The van der Waals surface area contributed by atoms with Gasteiger partial charge in [0.25, 0.3) is 0 Å². The zero-order chi connectivity index (χ0) is 10.4. The fourth-order valence-corrected chi connectivity index (χ4v) is 1.70. The van der Waals surface area contributed by atoms with Gasteiger partial charge in [-0.05, 0) is 18.2 Å². The minimum absolute atomic E-state index is 0.0681. The lowest BCUT2D eigenvalue weighted by molar-refractivity contribution is 0.318. The van der Waals surface area contributed by atoms with Crippen molar-refractivity contribution in [2.24, 2.45) is 10.9 Å². The average molecular weight is 212 g/mol. The van der Waals surface area contributed by atoms with E-state index in [2.05, 4.69) is 22.3 Å². The van der Waals surface area contributed by atoms with Crippen molar-refractivity contribution in [1.29, 1.82) is 0 Å². The Morgan fingerprint density at radius 3 is 3.14 bits per heavy atom. The Balaban J connectivity index is 2.91. The van der Waals surface area contributed by atoms with E-state index in [1.807, 2.05) is 0 Å². The Morgan fingerprint density at radius 1 is 1.71 bits per heavy atom. The molecule has 0 unspecified atom stereocenters. The first-order valence-electron chi connectivity index (χ1n) is 4.22. The Labute approximate surface area is 86.4 Å². The Morgan fingerprint density at radius 2 is 2.50 bits per heavy atom. The largest absolute Gasteiger partial charge is 0.409 e. The standard InChI is InChI=1S/C8H12N4OS/c1-2-5-14-8-6(7(9)12-13)3-4-10-11-8/h3-4,13H,2,5H2,1H3,(H2,9,12). The summed E-state index contributed by atoms with van der Waals surface area (Å²) in [6.07, 6.45) is 2.56. The molecule has 0 aromatic carbocycles. The molecule has 0 aliphatic carbocycles. The van der Waals surface area contributed by atoms with Gasteiger partial charge >= 0.3 is 0 Å². The number of nitrogens with zero attached hydrogens (tertiary/aromatic N) is 3. The highest BCUT2D eigenvalue weighted by molar-refractivity contribution is 7.99. The summed E-state index contributed by atoms with van der Waals surface area (Å²) < 4.78 is 0. The number of nitrogens with two attached hydrogens (primary N) is 1. The van der Waals surface area contributed by atoms with Crippen LogP contribution >= 0.6 is 11.8 Å². The summed E-state index contributed by atoms with van der Waals surface area (Å²) in [5.74, 6) is 1.00. The molecule has 1 aromatic heterocycles. The molecule has 0 aliphatic rings. The summed E-state index contributed by atoms with van der Waals surface area (Å²) in [7, 11) is 0. The van der Waals surface area contributed by atoms with E-state index in [9.17, 15) is 0 Å². The summed E-state index contributed by atoms with van der Waals surface area (Å²) in [6, 6.07) is 1.68. The topological polar surface area (TPSA) is 84.4 Å². The van der Waals surface area contributed by atoms with Crippen molar-refractivity contribution in [3.63, 3.8) is 0 Å². The molecular weight excluding hydrogens is 200 g/mol. The number of oxime groups is 1. The molecule has 0 fully saturated rings. The molecule has 6 heteroatoms. The van der Waals surface area contributed by atoms with Crippen LogP contribution in [-0.2, 0) is 0 Å². The first kappa shape index (κ1) is 10.8. The number of hydrogen-bond acceptors (Lipinski definition) is 5. The quantitative estimate of drug-likeness (QED) is 0.256. The summed E-state index contributed by atoms with van der Waals surface area (Å²) in [6.45, 7) is 2.08. The molecule has 1 rings (SSSR count). The van der Waals surface area contributed by atoms with Crippen LogP contribution in [0, 0.1) is 0 Å². The monoisotopic (exact) mass is 212 g/mol. The van der Waals surface area contributed by atoms with Gasteiger partial charge in [0, 0.05) is 0 Å². The summed E-state index contributed by atoms with van der Waals surface area (Å²) in [5.41, 5.74) is 6.11. The molecule has 0 saturated carbocycles. The lowest BCUT2D eigenvalue weighted by Crippen LogP contribution is -2.15. The molecule has 0 aliphatic heterocycles. The first-order chi connectivity index (χ1) is 6.79. The van der Waals surface area contributed by atoms with E-state index in [1.54, 1.807) is 17.8 Å². The fourth-order valence-electron chi connectivity index (χ4n) is 0.873. The molecule has 0 spiro atoms. The average Bonchev–Trinajstić information content (AvgIpc) is 2.25. The number of rotatable bonds is 4. The SMILES string of the molecule is CCCSc1nnccc1/C(N)=N/O. The lowest BCUT2D eigenvalue weighted by Gasteiger charge is -2.03. The number of thioether (sulfide) groups is 1. The molecule has 5 nitrogen and oxygen atoms in total. The Bertz CT molecular complexity index is 329. The predicted octanol–water partition coefficient (Wildman–Crippen LogP) is 1.07. The van der Waals surface area contributed by atoms with Gasteiger partial charge in [-0.3, -0.25) is 0 Å². The van der Waals surface area contributed by atoms with Gasteiger partial charge in [-0.25, -0.2) is 0 Å². The highest BCUT2D eigenvalue weighted by atomic mass is 32.2. The van der Waals surface area contributed by atoms with Gasteiger partial charge in [0.15, 0.2) is 5.84 Å². The van der Waals surface area contributed by atoms with Gasteiger partial charge in [-0.2, -0.15) is 5.10 Å². The summed E-state index contributed by atoms with van der Waals surface area (Å²) >= 11 is 1.55. The van der Waals surface area contributed by atoms with Crippen molar-refractivity contribution >= 4 is 17.6 Å². The van der Waals surface area contributed by atoms with Gasteiger partial charge in [-0.1, -0.05) is 12.1 Å². The maximum absolute atomic E-state index is 8.54. The molecule has 1 heterocycles. The molecule has 14 heavy (non-hydrogen) atoms. The zero-order valence-corrected chi connectivity index (χ0v) is 8.66. The van der Waals surface area contributed by atoms with Crippen LogP contribution in [0.3, 0.4) is 0 Å². The van der Waals surface area contributed by atoms with E-state index in [4.69, 9.17) is 10.9 Å². The van der Waals surface area contributed by atoms with Gasteiger partial charge in [-0.15, -0.1) is 16.9 Å². The number of amidine groups is 1. The van der Waals surface area contributed by atoms with Gasteiger partial charge < -0.3 is 10.9 Å². The third-order valence-corrected chi connectivity index (χ3v) is 2.70. The summed E-state index contributed by atoms with van der Waals surface area (Å²) in [5, 5.41) is 19.9. The molecule has 0 radical (unpaired) electrons. The second-order valence-electron chi connectivity index (χ2n) is 2.58. The van der Waals surface area contributed by atoms with Crippen LogP contribution in [0.15, 0.2) is 22.4 Å². The Kier molecular flexibility index (Phi) is 4.18. The number of hydrogen-bond donors (Lipinski definition) is 2. The zero-order valence-electron chi connectivity index (χ0n) is 7.84. The van der Waals surface area contributed by atoms with Crippen molar-refractivity contribution in [3.8, 4) is 0 Å². The maximum Gasteiger partial charge on any atom is 0.172 e. The molecule has 76 valence electrons. The highest BCUT2D eigenvalue weighted by Gasteiger charge is 2.08. The highest BCUT2D eigenvalue weighted by Crippen LogP contribution is 2.19. The van der Waals surface area contributed by atoms with E-state index in [0.29, 0.717) is 10.6 Å². The first-order valence-corrected chi connectivity index (χ1v) is 5.20. The molecule has 0 amide bonds. The predicted molar refractivity (Wildman–Crippen MR) is 55.6 cm³/mol. The third-order valence-electron chi connectivity index (χ3n) is 1.51. The van der Waals surface area contributed by atoms with Gasteiger partial charge in [0.1, 0.15) is 5.03 Å². The normalized spacial score (nSPS) is 11.6. The molecule has 1 aromatic rings. The van der Waals surface area contributed by atoms with E-state index >= 15 is 0 Å². The van der Waals surface area contributed by atoms with Crippen molar-refractivity contribution < 1.29 is 5.21 Å². The van der Waals surface area contributed by atoms with Crippen LogP contribution in [0.5, 0.6) is 0 Å². The molecule has 3 N–H and O–H groups in total.